The fourth-order valence-corrected chi connectivity index (χ4v) is 4.18. The molecule has 1 aliphatic rings. The van der Waals surface area contributed by atoms with Crippen LogP contribution in [0, 0.1) is 0 Å². The molecule has 2 N–H and O–H groups in total. The van der Waals surface area contributed by atoms with E-state index in [1.165, 1.54) is 47.8 Å². The van der Waals surface area contributed by atoms with Crippen molar-refractivity contribution in [3.63, 3.8) is 0 Å². The molecule has 0 atom stereocenters. The Balaban J connectivity index is 1.65. The van der Waals surface area contributed by atoms with Crippen molar-refractivity contribution < 1.29 is 13.2 Å². The summed E-state index contributed by atoms with van der Waals surface area (Å²) in [5, 5.41) is 5.23. The van der Waals surface area contributed by atoms with Crippen molar-refractivity contribution >= 4 is 32.4 Å². The zero-order chi connectivity index (χ0) is 18.3. The second-order valence-corrected chi connectivity index (χ2v) is 8.18. The first-order valence-corrected chi connectivity index (χ1v) is 9.86. The highest BCUT2D eigenvalue weighted by atomic mass is 32.2. The van der Waals surface area contributed by atoms with Gasteiger partial charge in [0.25, 0.3) is 5.91 Å². The highest BCUT2D eigenvalue weighted by Crippen LogP contribution is 2.35. The molecule has 0 aliphatic heterocycles. The smallest absolute Gasteiger partial charge is 0.255 e. The molecule has 0 saturated carbocycles. The molecule has 0 radical (unpaired) electrons. The molecular formula is C20H18N2O3S. The Morgan fingerprint density at radius 1 is 0.923 bits per heavy atom. The van der Waals surface area contributed by atoms with E-state index in [1.54, 1.807) is 0 Å². The van der Waals surface area contributed by atoms with Gasteiger partial charge in [-0.25, -0.2) is 13.1 Å². The standard InChI is InChI=1S/C20H18N2O3S/c1-21-26(24,25)16-10-7-15(8-11-16)20(23)22-18-12-9-14-6-5-13-3-2-4-17(18)19(13)14/h2-4,7-12,21H,5-6H2,1H3,(H,22,23). The van der Waals surface area contributed by atoms with E-state index in [0.717, 1.165) is 23.9 Å². The minimum Gasteiger partial charge on any atom is -0.321 e. The van der Waals surface area contributed by atoms with E-state index >= 15 is 0 Å². The number of carbonyl (C=O) groups excluding carboxylic acids is 1. The molecule has 1 amide bonds. The summed E-state index contributed by atoms with van der Waals surface area (Å²) in [6.07, 6.45) is 2.07. The van der Waals surface area contributed by atoms with E-state index in [4.69, 9.17) is 0 Å². The number of anilines is 1. The number of hydrogen-bond acceptors (Lipinski definition) is 3. The van der Waals surface area contributed by atoms with E-state index in [-0.39, 0.29) is 10.8 Å². The summed E-state index contributed by atoms with van der Waals surface area (Å²) in [5.41, 5.74) is 3.80. The van der Waals surface area contributed by atoms with Crippen LogP contribution >= 0.6 is 0 Å². The van der Waals surface area contributed by atoms with Gasteiger partial charge in [-0.2, -0.15) is 0 Å². The van der Waals surface area contributed by atoms with Gasteiger partial charge in [-0.05, 0) is 66.7 Å². The maximum absolute atomic E-state index is 12.6. The zero-order valence-corrected chi connectivity index (χ0v) is 15.1. The van der Waals surface area contributed by atoms with Crippen molar-refractivity contribution in [3.8, 4) is 0 Å². The lowest BCUT2D eigenvalue weighted by atomic mass is 10.0. The van der Waals surface area contributed by atoms with Crippen molar-refractivity contribution in [2.75, 3.05) is 12.4 Å². The van der Waals surface area contributed by atoms with E-state index < -0.39 is 10.0 Å². The van der Waals surface area contributed by atoms with E-state index in [1.807, 2.05) is 18.2 Å². The quantitative estimate of drug-likeness (QED) is 0.745. The third-order valence-electron chi connectivity index (χ3n) is 4.82. The minimum atomic E-state index is -3.51. The first-order chi connectivity index (χ1) is 12.5. The molecule has 26 heavy (non-hydrogen) atoms. The second-order valence-electron chi connectivity index (χ2n) is 6.30. The molecule has 1 aliphatic carbocycles. The lowest BCUT2D eigenvalue weighted by molar-refractivity contribution is 0.102. The monoisotopic (exact) mass is 366 g/mol. The Bertz CT molecular complexity index is 1110. The molecular weight excluding hydrogens is 348 g/mol. The fraction of sp³-hybridized carbons (Fsp3) is 0.150. The van der Waals surface area contributed by atoms with Crippen LogP contribution in [0.15, 0.2) is 59.5 Å². The van der Waals surface area contributed by atoms with Crippen LogP contribution in [0.25, 0.3) is 10.8 Å². The topological polar surface area (TPSA) is 75.3 Å². The molecule has 3 aromatic carbocycles. The first-order valence-electron chi connectivity index (χ1n) is 8.38. The number of amides is 1. The molecule has 3 aromatic rings. The zero-order valence-electron chi connectivity index (χ0n) is 14.2. The summed E-state index contributed by atoms with van der Waals surface area (Å²) in [7, 11) is -2.16. The summed E-state index contributed by atoms with van der Waals surface area (Å²) in [6, 6.07) is 16.0. The van der Waals surface area contributed by atoms with Gasteiger partial charge in [-0.3, -0.25) is 4.79 Å². The van der Waals surface area contributed by atoms with Gasteiger partial charge in [0.1, 0.15) is 0 Å². The van der Waals surface area contributed by atoms with Crippen LogP contribution < -0.4 is 10.0 Å². The van der Waals surface area contributed by atoms with E-state index in [0.29, 0.717) is 5.56 Å². The number of rotatable bonds is 4. The van der Waals surface area contributed by atoms with E-state index in [2.05, 4.69) is 22.2 Å². The van der Waals surface area contributed by atoms with Crippen molar-refractivity contribution in [3.05, 3.63) is 71.3 Å². The highest BCUT2D eigenvalue weighted by Gasteiger charge is 2.17. The van der Waals surface area contributed by atoms with Gasteiger partial charge in [0.2, 0.25) is 10.0 Å². The van der Waals surface area contributed by atoms with Crippen LogP contribution in [0.5, 0.6) is 0 Å². The third kappa shape index (κ3) is 2.77. The number of carbonyl (C=O) groups is 1. The van der Waals surface area contributed by atoms with Crippen molar-refractivity contribution in [2.45, 2.75) is 17.7 Å². The van der Waals surface area contributed by atoms with Crippen molar-refractivity contribution in [1.29, 1.82) is 0 Å². The van der Waals surface area contributed by atoms with Gasteiger partial charge in [-0.15, -0.1) is 0 Å². The molecule has 5 nitrogen and oxygen atoms in total. The van der Waals surface area contributed by atoms with Gasteiger partial charge in [0.05, 0.1) is 4.90 Å². The Hall–Kier alpha value is -2.70. The van der Waals surface area contributed by atoms with Crippen LogP contribution in [0.1, 0.15) is 21.5 Å². The SMILES string of the molecule is CNS(=O)(=O)c1ccc(C(=O)Nc2ccc3c4c(cccc24)CC3)cc1. The molecule has 4 rings (SSSR count). The number of hydrogen-bond donors (Lipinski definition) is 2. The average molecular weight is 366 g/mol. The number of aryl methyl sites for hydroxylation is 2. The van der Waals surface area contributed by atoms with Crippen LogP contribution in [-0.4, -0.2) is 21.4 Å². The lowest BCUT2D eigenvalue weighted by Crippen LogP contribution is -2.19. The Morgan fingerprint density at radius 3 is 2.31 bits per heavy atom. The molecule has 0 aromatic heterocycles. The normalized spacial score (nSPS) is 13.1. The molecule has 6 heteroatoms. The van der Waals surface area contributed by atoms with Crippen LogP contribution in [-0.2, 0) is 22.9 Å². The van der Waals surface area contributed by atoms with Gasteiger partial charge in [-0.1, -0.05) is 24.3 Å². The molecule has 0 fully saturated rings. The predicted octanol–water partition coefficient (Wildman–Crippen LogP) is 3.10. The Labute approximate surface area is 152 Å². The van der Waals surface area contributed by atoms with Crippen molar-refractivity contribution in [2.24, 2.45) is 0 Å². The number of sulfonamides is 1. The van der Waals surface area contributed by atoms with Crippen LogP contribution in [0.4, 0.5) is 5.69 Å². The number of benzene rings is 3. The maximum Gasteiger partial charge on any atom is 0.255 e. The summed E-state index contributed by atoms with van der Waals surface area (Å²) < 4.78 is 25.8. The third-order valence-corrected chi connectivity index (χ3v) is 6.25. The van der Waals surface area contributed by atoms with Gasteiger partial charge >= 0.3 is 0 Å². The summed E-state index contributed by atoms with van der Waals surface area (Å²) in [6.45, 7) is 0. The van der Waals surface area contributed by atoms with Crippen molar-refractivity contribution in [1.82, 2.24) is 4.72 Å². The summed E-state index contributed by atoms with van der Waals surface area (Å²) >= 11 is 0. The number of nitrogens with one attached hydrogen (secondary N) is 2. The molecule has 0 heterocycles. The average Bonchev–Trinajstić information content (AvgIpc) is 3.09. The fourth-order valence-electron chi connectivity index (χ4n) is 3.45. The largest absolute Gasteiger partial charge is 0.321 e. The summed E-state index contributed by atoms with van der Waals surface area (Å²) in [5.74, 6) is -0.267. The minimum absolute atomic E-state index is 0.127. The molecule has 0 bridgehead atoms. The first kappa shape index (κ1) is 16.8. The predicted molar refractivity (Wildman–Crippen MR) is 102 cm³/mol. The maximum atomic E-state index is 12.6. The van der Waals surface area contributed by atoms with Crippen LogP contribution in [0.3, 0.4) is 0 Å². The molecule has 0 saturated heterocycles. The lowest BCUT2D eigenvalue weighted by Gasteiger charge is -2.11. The van der Waals surface area contributed by atoms with Gasteiger partial charge in [0.15, 0.2) is 0 Å². The second kappa shape index (κ2) is 6.23. The molecule has 0 spiro atoms. The molecule has 0 unspecified atom stereocenters. The van der Waals surface area contributed by atoms with Gasteiger partial charge < -0.3 is 5.32 Å². The Morgan fingerprint density at radius 2 is 1.62 bits per heavy atom. The van der Waals surface area contributed by atoms with E-state index in [9.17, 15) is 13.2 Å². The van der Waals surface area contributed by atoms with Crippen LogP contribution in [0.2, 0.25) is 0 Å². The highest BCUT2D eigenvalue weighted by molar-refractivity contribution is 7.89. The molecule has 132 valence electrons. The summed E-state index contributed by atoms with van der Waals surface area (Å²) in [4.78, 5) is 12.7. The van der Waals surface area contributed by atoms with Gasteiger partial charge in [0, 0.05) is 16.6 Å². The Kier molecular flexibility index (Phi) is 4.01.